The highest BCUT2D eigenvalue weighted by Crippen LogP contribution is 2.29. The first-order chi connectivity index (χ1) is 8.72. The van der Waals surface area contributed by atoms with Gasteiger partial charge in [0.25, 0.3) is 0 Å². The molecule has 0 aromatic carbocycles. The lowest BCUT2D eigenvalue weighted by Crippen LogP contribution is -2.37. The number of nitrogens with one attached hydrogen (secondary N) is 1. The molecule has 0 amide bonds. The molecule has 5 heteroatoms. The van der Waals surface area contributed by atoms with E-state index in [0.29, 0.717) is 6.04 Å². The zero-order valence-corrected chi connectivity index (χ0v) is 12.5. The second-order valence-electron chi connectivity index (χ2n) is 5.19. The molecule has 0 radical (unpaired) electrons. The maximum Gasteiger partial charge on any atom is 0.190 e. The lowest BCUT2D eigenvalue weighted by atomic mass is 9.84. The smallest absolute Gasteiger partial charge is 0.190 e. The first kappa shape index (κ1) is 13.9. The summed E-state index contributed by atoms with van der Waals surface area (Å²) in [6.45, 7) is 1.99. The molecular weight excluding hydrogens is 244 g/mol. The van der Waals surface area contributed by atoms with E-state index in [2.05, 4.69) is 27.1 Å². The minimum Gasteiger partial charge on any atom is -0.316 e. The van der Waals surface area contributed by atoms with E-state index in [1.165, 1.54) is 32.1 Å². The topological polar surface area (TPSA) is 42.7 Å². The molecule has 1 heterocycles. The molecule has 4 nitrogen and oxygen atoms in total. The summed E-state index contributed by atoms with van der Waals surface area (Å²) in [7, 11) is 4.12. The lowest BCUT2D eigenvalue weighted by Gasteiger charge is -2.29. The second-order valence-corrected chi connectivity index (χ2v) is 6.18. The van der Waals surface area contributed by atoms with Gasteiger partial charge in [-0.1, -0.05) is 31.0 Å². The number of rotatable bonds is 5. The number of nitrogens with zero attached hydrogens (tertiary/aromatic N) is 3. The Bertz CT molecular complexity index is 371. The summed E-state index contributed by atoms with van der Waals surface area (Å²) in [5.74, 6) is 2.91. The second kappa shape index (κ2) is 6.57. The van der Waals surface area contributed by atoms with Crippen LogP contribution in [0.1, 0.15) is 37.9 Å². The van der Waals surface area contributed by atoms with Crippen LogP contribution in [-0.4, -0.2) is 33.6 Å². The maximum atomic E-state index is 4.21. The molecule has 1 atom stereocenters. The number of hydrogen-bond acceptors (Lipinski definition) is 4. The van der Waals surface area contributed by atoms with Crippen LogP contribution in [0.4, 0.5) is 0 Å². The fourth-order valence-corrected chi connectivity index (χ4v) is 3.86. The van der Waals surface area contributed by atoms with Crippen molar-refractivity contribution in [3.63, 3.8) is 0 Å². The molecule has 1 aliphatic carbocycles. The minimum atomic E-state index is 0.604. The van der Waals surface area contributed by atoms with Gasteiger partial charge in [0, 0.05) is 18.8 Å². The zero-order chi connectivity index (χ0) is 13.0. The van der Waals surface area contributed by atoms with Crippen molar-refractivity contribution in [1.82, 2.24) is 20.1 Å². The van der Waals surface area contributed by atoms with Crippen LogP contribution in [0.15, 0.2) is 5.16 Å². The average molecular weight is 268 g/mol. The molecule has 1 aliphatic rings. The lowest BCUT2D eigenvalue weighted by molar-refractivity contribution is 0.294. The molecule has 0 bridgehead atoms. The Morgan fingerprint density at radius 2 is 2.06 bits per heavy atom. The summed E-state index contributed by atoms with van der Waals surface area (Å²) in [5, 5.41) is 12.8. The van der Waals surface area contributed by atoms with Crippen molar-refractivity contribution in [2.24, 2.45) is 13.0 Å². The van der Waals surface area contributed by atoms with Crippen LogP contribution in [0.5, 0.6) is 0 Å². The fraction of sp³-hybridized carbons (Fsp3) is 0.846. The van der Waals surface area contributed by atoms with E-state index in [0.717, 1.165) is 22.7 Å². The van der Waals surface area contributed by atoms with Gasteiger partial charge in [0.2, 0.25) is 0 Å². The SMILES string of the molecule is CNC(CSc1nnc(C)n1C)C1CCCCC1. The summed E-state index contributed by atoms with van der Waals surface area (Å²) in [6, 6.07) is 0.604. The molecule has 2 rings (SSSR count). The van der Waals surface area contributed by atoms with Crippen LogP contribution in [0.25, 0.3) is 0 Å². The molecule has 1 N–H and O–H groups in total. The van der Waals surface area contributed by atoms with Gasteiger partial charge in [-0.15, -0.1) is 10.2 Å². The Morgan fingerprint density at radius 1 is 1.33 bits per heavy atom. The summed E-state index contributed by atoms with van der Waals surface area (Å²) in [6.07, 6.45) is 6.98. The molecule has 1 aromatic heterocycles. The van der Waals surface area contributed by atoms with Crippen molar-refractivity contribution in [2.75, 3.05) is 12.8 Å². The highest BCUT2D eigenvalue weighted by molar-refractivity contribution is 7.99. The van der Waals surface area contributed by atoms with Crippen LogP contribution in [0.2, 0.25) is 0 Å². The Kier molecular flexibility index (Phi) is 5.06. The molecule has 1 saturated carbocycles. The number of thioether (sulfide) groups is 1. The summed E-state index contributed by atoms with van der Waals surface area (Å²) in [4.78, 5) is 0. The normalized spacial score (nSPS) is 19.1. The predicted molar refractivity (Wildman–Crippen MR) is 75.9 cm³/mol. The van der Waals surface area contributed by atoms with Gasteiger partial charge < -0.3 is 9.88 Å². The highest BCUT2D eigenvalue weighted by atomic mass is 32.2. The predicted octanol–water partition coefficient (Wildman–Crippen LogP) is 2.38. The third-order valence-corrected chi connectivity index (χ3v) is 5.17. The van der Waals surface area contributed by atoms with Crippen molar-refractivity contribution in [2.45, 2.75) is 50.2 Å². The number of aromatic nitrogens is 3. The minimum absolute atomic E-state index is 0.604. The molecule has 1 fully saturated rings. The van der Waals surface area contributed by atoms with Crippen molar-refractivity contribution in [1.29, 1.82) is 0 Å². The van der Waals surface area contributed by atoms with E-state index in [1.54, 1.807) is 0 Å². The Morgan fingerprint density at radius 3 is 2.61 bits per heavy atom. The summed E-state index contributed by atoms with van der Waals surface area (Å²) >= 11 is 1.82. The van der Waals surface area contributed by atoms with Crippen LogP contribution in [-0.2, 0) is 7.05 Å². The van der Waals surface area contributed by atoms with E-state index < -0.39 is 0 Å². The maximum absolute atomic E-state index is 4.21. The zero-order valence-electron chi connectivity index (χ0n) is 11.6. The third kappa shape index (κ3) is 3.26. The largest absolute Gasteiger partial charge is 0.316 e. The average Bonchev–Trinajstić information content (AvgIpc) is 2.72. The van der Waals surface area contributed by atoms with Crippen LogP contribution in [0, 0.1) is 12.8 Å². The van der Waals surface area contributed by atoms with E-state index in [4.69, 9.17) is 0 Å². The Labute approximate surface area is 114 Å². The van der Waals surface area contributed by atoms with Gasteiger partial charge >= 0.3 is 0 Å². The van der Waals surface area contributed by atoms with Crippen LogP contribution in [0.3, 0.4) is 0 Å². The highest BCUT2D eigenvalue weighted by Gasteiger charge is 2.23. The Balaban J connectivity index is 1.88. The number of aryl methyl sites for hydroxylation is 1. The van der Waals surface area contributed by atoms with Crippen LogP contribution < -0.4 is 5.32 Å². The van der Waals surface area contributed by atoms with Gasteiger partial charge in [-0.25, -0.2) is 0 Å². The third-order valence-electron chi connectivity index (χ3n) is 4.03. The quantitative estimate of drug-likeness (QED) is 0.833. The first-order valence-corrected chi connectivity index (χ1v) is 7.87. The molecule has 1 aromatic rings. The molecule has 1 unspecified atom stereocenters. The standard InChI is InChI=1S/C13H24N4S/c1-10-15-16-13(17(10)3)18-9-12(14-2)11-7-5-4-6-8-11/h11-12,14H,4-9H2,1-3H3. The van der Waals surface area contributed by atoms with Crippen LogP contribution >= 0.6 is 11.8 Å². The van der Waals surface area contributed by atoms with E-state index >= 15 is 0 Å². The van der Waals surface area contributed by atoms with Gasteiger partial charge in [0.05, 0.1) is 0 Å². The van der Waals surface area contributed by atoms with E-state index in [9.17, 15) is 0 Å². The van der Waals surface area contributed by atoms with E-state index in [1.807, 2.05) is 25.7 Å². The first-order valence-electron chi connectivity index (χ1n) is 6.88. The van der Waals surface area contributed by atoms with Crippen molar-refractivity contribution >= 4 is 11.8 Å². The van der Waals surface area contributed by atoms with Crippen molar-refractivity contribution in [3.8, 4) is 0 Å². The van der Waals surface area contributed by atoms with Crippen molar-refractivity contribution in [3.05, 3.63) is 5.82 Å². The molecule has 18 heavy (non-hydrogen) atoms. The summed E-state index contributed by atoms with van der Waals surface area (Å²) < 4.78 is 2.07. The Hall–Kier alpha value is -0.550. The molecular formula is C13H24N4S. The molecule has 102 valence electrons. The fourth-order valence-electron chi connectivity index (χ4n) is 2.67. The monoisotopic (exact) mass is 268 g/mol. The van der Waals surface area contributed by atoms with Gasteiger partial charge in [0.15, 0.2) is 5.16 Å². The van der Waals surface area contributed by atoms with Crippen molar-refractivity contribution < 1.29 is 0 Å². The molecule has 0 spiro atoms. The van der Waals surface area contributed by atoms with E-state index in [-0.39, 0.29) is 0 Å². The van der Waals surface area contributed by atoms with Gasteiger partial charge in [-0.2, -0.15) is 0 Å². The number of hydrogen-bond donors (Lipinski definition) is 1. The van der Waals surface area contributed by atoms with Gasteiger partial charge in [0.1, 0.15) is 5.82 Å². The molecule has 0 saturated heterocycles. The molecule has 0 aliphatic heterocycles. The van der Waals surface area contributed by atoms with Gasteiger partial charge in [-0.3, -0.25) is 0 Å². The van der Waals surface area contributed by atoms with Gasteiger partial charge in [-0.05, 0) is 32.7 Å². The summed E-state index contributed by atoms with van der Waals surface area (Å²) in [5.41, 5.74) is 0.